The first-order valence-corrected chi connectivity index (χ1v) is 17.3. The summed E-state index contributed by atoms with van der Waals surface area (Å²) >= 11 is 1.18. The van der Waals surface area contributed by atoms with Gasteiger partial charge in [-0.15, -0.1) is 10.2 Å². The summed E-state index contributed by atoms with van der Waals surface area (Å²) in [4.78, 5) is 26.5. The van der Waals surface area contributed by atoms with Crippen LogP contribution in [0.5, 0.6) is 0 Å². The Kier molecular flexibility index (Phi) is 14.4. The average molecular weight is 618 g/mol. The van der Waals surface area contributed by atoms with Gasteiger partial charge in [-0.25, -0.2) is 0 Å². The largest absolute Gasteiger partial charge is 0.311 e. The maximum absolute atomic E-state index is 13.5. The van der Waals surface area contributed by atoms with Crippen molar-refractivity contribution in [2.24, 2.45) is 5.10 Å². The average Bonchev–Trinajstić information content (AvgIpc) is 3.64. The third kappa shape index (κ3) is 10.6. The Morgan fingerprint density at radius 3 is 1.84 bits per heavy atom. The number of benzene rings is 2. The molecule has 4 rings (SSSR count). The van der Waals surface area contributed by atoms with E-state index >= 15 is 0 Å². The highest BCUT2D eigenvalue weighted by Gasteiger charge is 2.40. The van der Waals surface area contributed by atoms with E-state index in [-0.39, 0.29) is 11.8 Å². The van der Waals surface area contributed by atoms with Crippen LogP contribution in [0.4, 0.5) is 5.69 Å². The molecule has 1 N–H and O–H groups in total. The van der Waals surface area contributed by atoms with Gasteiger partial charge in [0, 0.05) is 6.42 Å². The van der Waals surface area contributed by atoms with Crippen LogP contribution >= 0.6 is 11.8 Å². The highest BCUT2D eigenvalue weighted by molar-refractivity contribution is 8.01. The predicted molar refractivity (Wildman–Crippen MR) is 178 cm³/mol. The number of unbranched alkanes of at least 4 members (excludes halogenated alkanes) is 14. The van der Waals surface area contributed by atoms with Gasteiger partial charge in [-0.05, 0) is 41.1 Å². The molecule has 1 aromatic heterocycles. The number of thioether (sulfide) groups is 1. The molecule has 0 aliphatic carbocycles. The molecule has 0 saturated heterocycles. The Bertz CT molecular complexity index is 1300. The third-order valence-electron chi connectivity index (χ3n) is 7.83. The van der Waals surface area contributed by atoms with E-state index in [1.54, 1.807) is 4.68 Å². The van der Waals surface area contributed by atoms with Gasteiger partial charge in [0.25, 0.3) is 5.91 Å². The highest BCUT2D eigenvalue weighted by atomic mass is 32.2. The van der Waals surface area contributed by atoms with Gasteiger partial charge >= 0.3 is 0 Å². The molecule has 236 valence electrons. The van der Waals surface area contributed by atoms with Crippen molar-refractivity contribution in [3.8, 4) is 5.69 Å². The fourth-order valence-electron chi connectivity index (χ4n) is 5.34. The highest BCUT2D eigenvalue weighted by Crippen LogP contribution is 2.31. The van der Waals surface area contributed by atoms with Gasteiger partial charge in [0.15, 0.2) is 11.1 Å². The molecule has 9 nitrogen and oxygen atoms in total. The number of rotatable bonds is 20. The number of amides is 2. The van der Waals surface area contributed by atoms with Gasteiger partial charge in [-0.2, -0.15) is 9.69 Å². The second-order valence-electron chi connectivity index (χ2n) is 11.4. The Balaban J connectivity index is 1.20. The van der Waals surface area contributed by atoms with Crippen molar-refractivity contribution in [1.82, 2.24) is 25.5 Å². The quantitative estimate of drug-likeness (QED) is 0.129. The molecule has 0 saturated carbocycles. The summed E-state index contributed by atoms with van der Waals surface area (Å²) in [5.41, 5.74) is 1.42. The summed E-state index contributed by atoms with van der Waals surface area (Å²) in [6.07, 6.45) is 19.6. The summed E-state index contributed by atoms with van der Waals surface area (Å²) in [5, 5.41) is 20.5. The predicted octanol–water partition coefficient (Wildman–Crippen LogP) is 7.86. The van der Waals surface area contributed by atoms with Crippen molar-refractivity contribution in [3.63, 3.8) is 0 Å². The lowest BCUT2D eigenvalue weighted by Gasteiger charge is -2.14. The van der Waals surface area contributed by atoms with Crippen LogP contribution in [0.15, 0.2) is 70.9 Å². The lowest BCUT2D eigenvalue weighted by Crippen LogP contribution is -2.39. The summed E-state index contributed by atoms with van der Waals surface area (Å²) in [6.45, 7) is 2.27. The number of carbonyl (C=O) groups excluding carboxylic acids is 2. The first-order valence-electron chi connectivity index (χ1n) is 16.4. The third-order valence-corrected chi connectivity index (χ3v) is 8.96. The second kappa shape index (κ2) is 19.0. The summed E-state index contributed by atoms with van der Waals surface area (Å²) < 4.78 is 1.58. The summed E-state index contributed by atoms with van der Waals surface area (Å²) in [7, 11) is 0. The number of hydrogen-bond acceptors (Lipinski definition) is 7. The molecule has 44 heavy (non-hydrogen) atoms. The maximum atomic E-state index is 13.5. The van der Waals surface area contributed by atoms with Crippen LogP contribution in [0.25, 0.3) is 5.69 Å². The maximum Gasteiger partial charge on any atom is 0.268 e. The van der Waals surface area contributed by atoms with Crippen LogP contribution < -0.4 is 10.3 Å². The molecule has 0 radical (unpaired) electrons. The minimum absolute atomic E-state index is 0.130. The number of tetrazole rings is 1. The number of nitrogens with one attached hydrogen (secondary N) is 1. The van der Waals surface area contributed by atoms with Gasteiger partial charge < -0.3 is 5.32 Å². The Morgan fingerprint density at radius 2 is 1.27 bits per heavy atom. The van der Waals surface area contributed by atoms with Crippen LogP contribution in [-0.2, 0) is 9.59 Å². The first-order chi connectivity index (χ1) is 21.7. The summed E-state index contributed by atoms with van der Waals surface area (Å²) in [6, 6.07) is 18.7. The van der Waals surface area contributed by atoms with Gasteiger partial charge in [0.05, 0.1) is 11.4 Å². The van der Waals surface area contributed by atoms with E-state index < -0.39 is 5.25 Å². The molecular weight excluding hydrogens is 570 g/mol. The standard InChI is InChI=1S/C34H47N7O2S/c1-2-3-4-5-6-7-8-9-10-11-12-13-14-15-22-27-30(42)35-32-31(33(43)40(37-32)28-23-18-16-19-24-28)44-34-36-38-39-41(34)29-25-20-17-21-26-29/h16-21,23-26,31H,2-15,22,27H2,1H3,(H,35,37,42)/t31-/m0/s1. The Labute approximate surface area is 266 Å². The molecule has 0 unspecified atom stereocenters. The number of hydrogen-bond donors (Lipinski definition) is 1. The smallest absolute Gasteiger partial charge is 0.268 e. The first kappa shape index (κ1) is 33.4. The minimum atomic E-state index is -0.784. The molecule has 2 heterocycles. The minimum Gasteiger partial charge on any atom is -0.311 e. The fourth-order valence-corrected chi connectivity index (χ4v) is 6.29. The summed E-state index contributed by atoms with van der Waals surface area (Å²) in [5.74, 6) is -0.0853. The van der Waals surface area contributed by atoms with Gasteiger partial charge in [0.2, 0.25) is 11.1 Å². The molecule has 1 atom stereocenters. The van der Waals surface area contributed by atoms with Crippen LogP contribution in [0.3, 0.4) is 0 Å². The molecular formula is C34H47N7O2S. The lowest BCUT2D eigenvalue weighted by molar-refractivity contribution is -0.119. The van der Waals surface area contributed by atoms with Crippen LogP contribution in [0.2, 0.25) is 0 Å². The van der Waals surface area contributed by atoms with Crippen molar-refractivity contribution >= 4 is 35.1 Å². The molecule has 2 aromatic carbocycles. The van der Waals surface area contributed by atoms with Crippen molar-refractivity contribution in [2.75, 3.05) is 5.01 Å². The van der Waals surface area contributed by atoms with E-state index in [1.165, 1.54) is 93.8 Å². The number of aromatic nitrogens is 4. The molecule has 0 fully saturated rings. The number of hydrazone groups is 1. The monoisotopic (exact) mass is 617 g/mol. The van der Waals surface area contributed by atoms with E-state index in [0.717, 1.165) is 24.9 Å². The SMILES string of the molecule is CCCCCCCCCCCCCCCCCC(=O)NC1=NN(c2ccccc2)C(=O)[C@H]1Sc1nnnn1-c1ccccc1. The number of para-hydroxylation sites is 2. The van der Waals surface area contributed by atoms with Crippen molar-refractivity contribution in [2.45, 2.75) is 120 Å². The molecule has 3 aromatic rings. The van der Waals surface area contributed by atoms with E-state index in [4.69, 9.17) is 0 Å². The van der Waals surface area contributed by atoms with Crippen LogP contribution in [0, 0.1) is 0 Å². The molecule has 0 spiro atoms. The number of amidine groups is 1. The number of anilines is 1. The van der Waals surface area contributed by atoms with Crippen molar-refractivity contribution in [1.29, 1.82) is 0 Å². The zero-order chi connectivity index (χ0) is 30.8. The van der Waals surface area contributed by atoms with E-state index in [1.807, 2.05) is 60.7 Å². The van der Waals surface area contributed by atoms with Crippen LogP contribution in [0.1, 0.15) is 110 Å². The normalized spacial score (nSPS) is 14.7. The van der Waals surface area contributed by atoms with Crippen molar-refractivity contribution in [3.05, 3.63) is 60.7 Å². The van der Waals surface area contributed by atoms with E-state index in [2.05, 4.69) is 32.9 Å². The molecule has 10 heteroatoms. The fraction of sp³-hybridized carbons (Fsp3) is 0.529. The zero-order valence-electron chi connectivity index (χ0n) is 26.1. The molecule has 1 aliphatic rings. The van der Waals surface area contributed by atoms with Gasteiger partial charge in [-0.1, -0.05) is 145 Å². The van der Waals surface area contributed by atoms with Crippen LogP contribution in [-0.4, -0.2) is 43.1 Å². The molecule has 2 amide bonds. The topological polar surface area (TPSA) is 105 Å². The Hall–Kier alpha value is -3.53. The van der Waals surface area contributed by atoms with E-state index in [9.17, 15) is 9.59 Å². The zero-order valence-corrected chi connectivity index (χ0v) is 26.9. The van der Waals surface area contributed by atoms with Crippen molar-refractivity contribution < 1.29 is 9.59 Å². The van der Waals surface area contributed by atoms with Gasteiger partial charge in [0.1, 0.15) is 0 Å². The Morgan fingerprint density at radius 1 is 0.750 bits per heavy atom. The van der Waals surface area contributed by atoms with E-state index in [0.29, 0.717) is 23.1 Å². The number of nitrogens with zero attached hydrogens (tertiary/aromatic N) is 6. The van der Waals surface area contributed by atoms with Gasteiger partial charge in [-0.3, -0.25) is 9.59 Å². The molecule has 1 aliphatic heterocycles. The number of carbonyl (C=O) groups is 2. The second-order valence-corrected chi connectivity index (χ2v) is 12.5. The molecule has 0 bridgehead atoms. The lowest BCUT2D eigenvalue weighted by atomic mass is 10.0.